The summed E-state index contributed by atoms with van der Waals surface area (Å²) in [5.74, 6) is -1.42. The standard InChI is InChI=1S/C20H22ClN3O2/c1-14-13-15(21)5-10-18(14)23-20(26)19(25)22-16-6-8-17(9-7-16)24-11-3-2-4-12-24/h5-10,13H,2-4,11-12H2,1H3,(H,22,25)(H,23,26). The number of piperidine rings is 1. The highest BCUT2D eigenvalue weighted by Crippen LogP contribution is 2.22. The molecule has 1 heterocycles. The molecule has 0 bridgehead atoms. The van der Waals surface area contributed by atoms with Crippen molar-refractivity contribution in [3.63, 3.8) is 0 Å². The first-order valence-electron chi connectivity index (χ1n) is 8.76. The lowest BCUT2D eigenvalue weighted by atomic mass is 10.1. The molecule has 136 valence electrons. The SMILES string of the molecule is Cc1cc(Cl)ccc1NC(=O)C(=O)Nc1ccc(N2CCCCC2)cc1. The van der Waals surface area contributed by atoms with Gasteiger partial charge in [0.15, 0.2) is 0 Å². The molecule has 0 aromatic heterocycles. The molecule has 1 aliphatic heterocycles. The molecule has 1 fully saturated rings. The minimum atomic E-state index is -0.712. The first-order valence-corrected chi connectivity index (χ1v) is 9.14. The number of nitrogens with zero attached hydrogens (tertiary/aromatic N) is 1. The van der Waals surface area contributed by atoms with Gasteiger partial charge in [-0.3, -0.25) is 9.59 Å². The van der Waals surface area contributed by atoms with Gasteiger partial charge in [-0.15, -0.1) is 0 Å². The molecule has 0 atom stereocenters. The summed E-state index contributed by atoms with van der Waals surface area (Å²) in [4.78, 5) is 26.6. The summed E-state index contributed by atoms with van der Waals surface area (Å²) in [7, 11) is 0. The molecule has 6 heteroatoms. The quantitative estimate of drug-likeness (QED) is 0.794. The lowest BCUT2D eigenvalue weighted by Crippen LogP contribution is -2.30. The highest BCUT2D eigenvalue weighted by Gasteiger charge is 2.16. The van der Waals surface area contributed by atoms with Gasteiger partial charge in [0.25, 0.3) is 0 Å². The van der Waals surface area contributed by atoms with Gasteiger partial charge < -0.3 is 15.5 Å². The molecule has 1 saturated heterocycles. The third kappa shape index (κ3) is 4.55. The maximum atomic E-state index is 12.1. The Kier molecular flexibility index (Phi) is 5.78. The summed E-state index contributed by atoms with van der Waals surface area (Å²) in [5, 5.41) is 5.81. The molecule has 2 N–H and O–H groups in total. The van der Waals surface area contributed by atoms with E-state index in [9.17, 15) is 9.59 Å². The van der Waals surface area contributed by atoms with E-state index in [4.69, 9.17) is 11.6 Å². The number of aryl methyl sites for hydroxylation is 1. The van der Waals surface area contributed by atoms with Gasteiger partial charge in [0.2, 0.25) is 0 Å². The highest BCUT2D eigenvalue weighted by atomic mass is 35.5. The average molecular weight is 372 g/mol. The van der Waals surface area contributed by atoms with Crippen molar-refractivity contribution in [1.82, 2.24) is 0 Å². The number of hydrogen-bond acceptors (Lipinski definition) is 3. The number of carbonyl (C=O) groups is 2. The van der Waals surface area contributed by atoms with Gasteiger partial charge >= 0.3 is 11.8 Å². The summed E-state index contributed by atoms with van der Waals surface area (Å²) >= 11 is 5.90. The molecular formula is C20H22ClN3O2. The molecule has 2 amide bonds. The summed E-state index contributed by atoms with van der Waals surface area (Å²) < 4.78 is 0. The molecule has 0 saturated carbocycles. The van der Waals surface area contributed by atoms with E-state index in [1.165, 1.54) is 19.3 Å². The minimum Gasteiger partial charge on any atom is -0.372 e. The van der Waals surface area contributed by atoms with Crippen LogP contribution in [-0.4, -0.2) is 24.9 Å². The molecule has 3 rings (SSSR count). The van der Waals surface area contributed by atoms with E-state index in [-0.39, 0.29) is 0 Å². The number of halogens is 1. The van der Waals surface area contributed by atoms with E-state index in [2.05, 4.69) is 15.5 Å². The Hall–Kier alpha value is -2.53. The Balaban J connectivity index is 1.59. The summed E-state index contributed by atoms with van der Waals surface area (Å²) in [6.45, 7) is 3.95. The molecule has 1 aliphatic rings. The van der Waals surface area contributed by atoms with Gasteiger partial charge in [0.05, 0.1) is 0 Å². The van der Waals surface area contributed by atoms with Crippen molar-refractivity contribution >= 4 is 40.5 Å². The summed E-state index contributed by atoms with van der Waals surface area (Å²) in [5.41, 5.74) is 3.10. The molecule has 0 aliphatic carbocycles. The Morgan fingerprint density at radius 2 is 1.58 bits per heavy atom. The van der Waals surface area contributed by atoms with Crippen molar-refractivity contribution in [2.75, 3.05) is 28.6 Å². The number of rotatable bonds is 3. The zero-order chi connectivity index (χ0) is 18.5. The number of nitrogens with one attached hydrogen (secondary N) is 2. The number of benzene rings is 2. The maximum absolute atomic E-state index is 12.1. The monoisotopic (exact) mass is 371 g/mol. The second-order valence-electron chi connectivity index (χ2n) is 6.46. The Morgan fingerprint density at radius 3 is 2.23 bits per heavy atom. The molecule has 0 spiro atoms. The van der Waals surface area contributed by atoms with Gasteiger partial charge in [-0.25, -0.2) is 0 Å². The Morgan fingerprint density at radius 1 is 0.923 bits per heavy atom. The fraction of sp³-hybridized carbons (Fsp3) is 0.300. The van der Waals surface area contributed by atoms with Crippen LogP contribution in [0.2, 0.25) is 5.02 Å². The molecule has 0 radical (unpaired) electrons. The molecule has 5 nitrogen and oxygen atoms in total. The van der Waals surface area contributed by atoms with Crippen molar-refractivity contribution in [2.24, 2.45) is 0 Å². The van der Waals surface area contributed by atoms with E-state index in [0.717, 1.165) is 24.3 Å². The smallest absolute Gasteiger partial charge is 0.314 e. The van der Waals surface area contributed by atoms with E-state index < -0.39 is 11.8 Å². The van der Waals surface area contributed by atoms with Crippen LogP contribution >= 0.6 is 11.6 Å². The van der Waals surface area contributed by atoms with Crippen molar-refractivity contribution in [3.05, 3.63) is 53.1 Å². The van der Waals surface area contributed by atoms with Crippen LogP contribution in [-0.2, 0) is 9.59 Å². The zero-order valence-corrected chi connectivity index (χ0v) is 15.5. The van der Waals surface area contributed by atoms with Gasteiger partial charge in [0, 0.05) is 35.2 Å². The first-order chi connectivity index (χ1) is 12.5. The van der Waals surface area contributed by atoms with Crippen LogP contribution in [0.25, 0.3) is 0 Å². The van der Waals surface area contributed by atoms with Crippen LogP contribution in [0.15, 0.2) is 42.5 Å². The van der Waals surface area contributed by atoms with Crippen LogP contribution in [0, 0.1) is 6.92 Å². The van der Waals surface area contributed by atoms with E-state index in [0.29, 0.717) is 16.4 Å². The van der Waals surface area contributed by atoms with E-state index >= 15 is 0 Å². The fourth-order valence-electron chi connectivity index (χ4n) is 3.04. The van der Waals surface area contributed by atoms with Gasteiger partial charge in [0.1, 0.15) is 0 Å². The lowest BCUT2D eigenvalue weighted by molar-refractivity contribution is -0.133. The van der Waals surface area contributed by atoms with Gasteiger partial charge in [-0.05, 0) is 74.2 Å². The average Bonchev–Trinajstić information content (AvgIpc) is 2.65. The van der Waals surface area contributed by atoms with Crippen LogP contribution < -0.4 is 15.5 Å². The van der Waals surface area contributed by atoms with Gasteiger partial charge in [-0.2, -0.15) is 0 Å². The van der Waals surface area contributed by atoms with Crippen molar-refractivity contribution in [2.45, 2.75) is 26.2 Å². The van der Waals surface area contributed by atoms with Crippen LogP contribution in [0.1, 0.15) is 24.8 Å². The second-order valence-corrected chi connectivity index (χ2v) is 6.90. The number of hydrogen-bond donors (Lipinski definition) is 2. The molecule has 2 aromatic rings. The second kappa shape index (κ2) is 8.23. The number of carbonyl (C=O) groups excluding carboxylic acids is 2. The Bertz CT molecular complexity index is 799. The van der Waals surface area contributed by atoms with Crippen LogP contribution in [0.5, 0.6) is 0 Å². The number of amides is 2. The molecule has 26 heavy (non-hydrogen) atoms. The zero-order valence-electron chi connectivity index (χ0n) is 14.7. The van der Waals surface area contributed by atoms with E-state index in [1.54, 1.807) is 18.2 Å². The normalized spacial score (nSPS) is 14.0. The Labute approximate surface area is 158 Å². The van der Waals surface area contributed by atoms with Crippen molar-refractivity contribution in [1.29, 1.82) is 0 Å². The largest absolute Gasteiger partial charge is 0.372 e. The first kappa shape index (κ1) is 18.3. The molecule has 2 aromatic carbocycles. The third-order valence-electron chi connectivity index (χ3n) is 4.49. The predicted octanol–water partition coefficient (Wildman–Crippen LogP) is 4.22. The van der Waals surface area contributed by atoms with Gasteiger partial charge in [-0.1, -0.05) is 11.6 Å². The highest BCUT2D eigenvalue weighted by molar-refractivity contribution is 6.43. The number of anilines is 3. The van der Waals surface area contributed by atoms with E-state index in [1.807, 2.05) is 31.2 Å². The lowest BCUT2D eigenvalue weighted by Gasteiger charge is -2.28. The maximum Gasteiger partial charge on any atom is 0.314 e. The summed E-state index contributed by atoms with van der Waals surface area (Å²) in [6.07, 6.45) is 3.71. The fourth-order valence-corrected chi connectivity index (χ4v) is 3.27. The minimum absolute atomic E-state index is 0.565. The summed E-state index contributed by atoms with van der Waals surface area (Å²) in [6, 6.07) is 12.7. The van der Waals surface area contributed by atoms with Crippen molar-refractivity contribution < 1.29 is 9.59 Å². The topological polar surface area (TPSA) is 61.4 Å². The predicted molar refractivity (Wildman–Crippen MR) is 106 cm³/mol. The van der Waals surface area contributed by atoms with Crippen LogP contribution in [0.4, 0.5) is 17.1 Å². The molecular weight excluding hydrogens is 350 g/mol. The van der Waals surface area contributed by atoms with Crippen molar-refractivity contribution in [3.8, 4) is 0 Å². The van der Waals surface area contributed by atoms with Crippen LogP contribution in [0.3, 0.4) is 0 Å². The molecule has 0 unspecified atom stereocenters. The third-order valence-corrected chi connectivity index (χ3v) is 4.72.